The summed E-state index contributed by atoms with van der Waals surface area (Å²) in [6, 6.07) is 0. The van der Waals surface area contributed by atoms with E-state index in [9.17, 15) is 9.59 Å². The molecule has 6 nitrogen and oxygen atoms in total. The predicted octanol–water partition coefficient (Wildman–Crippen LogP) is 2.28. The molecule has 1 N–H and O–H groups in total. The van der Waals surface area contributed by atoms with Crippen molar-refractivity contribution >= 4 is 58.5 Å². The van der Waals surface area contributed by atoms with Crippen LogP contribution in [0.3, 0.4) is 0 Å². The van der Waals surface area contributed by atoms with Gasteiger partial charge in [-0.2, -0.15) is 0 Å². The number of esters is 1. The maximum absolute atomic E-state index is 10.7. The van der Waals surface area contributed by atoms with E-state index in [2.05, 4.69) is 57.3 Å². The Labute approximate surface area is 151 Å². The number of halogens is 3. The fourth-order valence-corrected chi connectivity index (χ4v) is 0.564. The molecule has 9 heteroatoms. The highest BCUT2D eigenvalue weighted by atomic mass is 79.9. The van der Waals surface area contributed by atoms with Crippen LogP contribution in [0.2, 0.25) is 0 Å². The van der Waals surface area contributed by atoms with Crippen molar-refractivity contribution in [3.05, 3.63) is 0 Å². The third kappa shape index (κ3) is 29.2. The monoisotopic (exact) mass is 500 g/mol. The van der Waals surface area contributed by atoms with Crippen LogP contribution in [0.4, 0.5) is 0 Å². The first kappa shape index (κ1) is 26.4. The Morgan fingerprint density at radius 3 is 1.62 bits per heavy atom. The molecule has 0 aliphatic rings. The number of ether oxygens (including phenoxy) is 3. The van der Waals surface area contributed by atoms with Gasteiger partial charge in [-0.25, -0.2) is 0 Å². The van der Waals surface area contributed by atoms with Crippen molar-refractivity contribution < 1.29 is 28.9 Å². The molecule has 21 heavy (non-hydrogen) atoms. The van der Waals surface area contributed by atoms with Gasteiger partial charge in [0, 0.05) is 14.2 Å². The van der Waals surface area contributed by atoms with Crippen LogP contribution in [0.5, 0.6) is 0 Å². The molecule has 0 radical (unpaired) electrons. The predicted molar refractivity (Wildman–Crippen MR) is 92.5 cm³/mol. The molecule has 128 valence electrons. The van der Waals surface area contributed by atoms with Crippen molar-refractivity contribution in [1.82, 2.24) is 0 Å². The molecule has 0 saturated carbocycles. The summed E-state index contributed by atoms with van der Waals surface area (Å²) in [6.07, 6.45) is 0. The standard InChI is InChI=1S/C6H11BrO3.C3H4Br2O.C3H8O2/c1-5(7)6(8)10-4-3-9-2;1-2(4)3(5)6;1-5-3-2-4/h5H,3-4H2,1-2H3;2H,1H3;4H,2-3H2,1H3. The molecule has 0 spiro atoms. The molecule has 0 aromatic rings. The minimum Gasteiger partial charge on any atom is -0.462 e. The van der Waals surface area contributed by atoms with Crippen LogP contribution in [-0.2, 0) is 23.8 Å². The Kier molecular flexibility index (Phi) is 25.7. The molecule has 0 saturated heterocycles. The third-order valence-corrected chi connectivity index (χ3v) is 3.56. The molecule has 0 fully saturated rings. The smallest absolute Gasteiger partial charge is 0.319 e. The normalized spacial score (nSPS) is 12.0. The van der Waals surface area contributed by atoms with E-state index in [1.165, 1.54) is 0 Å². The number of hydrogen-bond donors (Lipinski definition) is 1. The first-order valence-electron chi connectivity index (χ1n) is 5.97. The van der Waals surface area contributed by atoms with Crippen LogP contribution in [-0.4, -0.2) is 66.1 Å². The zero-order chi connectivity index (χ0) is 17.3. The van der Waals surface area contributed by atoms with Crippen LogP contribution in [0.25, 0.3) is 0 Å². The lowest BCUT2D eigenvalue weighted by Gasteiger charge is -2.04. The van der Waals surface area contributed by atoms with E-state index in [0.29, 0.717) is 19.8 Å². The van der Waals surface area contributed by atoms with Gasteiger partial charge in [0.2, 0.25) is 4.69 Å². The van der Waals surface area contributed by atoms with Gasteiger partial charge in [0.15, 0.2) is 0 Å². The van der Waals surface area contributed by atoms with Gasteiger partial charge in [-0.3, -0.25) is 9.59 Å². The molecular weight excluding hydrogens is 480 g/mol. The van der Waals surface area contributed by atoms with Gasteiger partial charge < -0.3 is 19.3 Å². The quantitative estimate of drug-likeness (QED) is 0.249. The number of rotatable bonds is 7. The van der Waals surface area contributed by atoms with Crippen LogP contribution in [0, 0.1) is 0 Å². The van der Waals surface area contributed by atoms with Crippen molar-refractivity contribution in [1.29, 1.82) is 0 Å². The van der Waals surface area contributed by atoms with E-state index in [1.54, 1.807) is 28.1 Å². The number of hydrogen-bond acceptors (Lipinski definition) is 6. The Balaban J connectivity index is -0.000000252. The van der Waals surface area contributed by atoms with Crippen molar-refractivity contribution in [3.8, 4) is 0 Å². The fourth-order valence-electron chi connectivity index (χ4n) is 0.432. The second-order valence-corrected chi connectivity index (χ2v) is 6.94. The molecule has 0 aromatic heterocycles. The lowest BCUT2D eigenvalue weighted by Crippen LogP contribution is -2.16. The minimum atomic E-state index is -0.253. The molecule has 0 heterocycles. The molecule has 0 rings (SSSR count). The van der Waals surface area contributed by atoms with Crippen LogP contribution < -0.4 is 0 Å². The average molecular weight is 503 g/mol. The van der Waals surface area contributed by atoms with E-state index in [-0.39, 0.29) is 26.9 Å². The Morgan fingerprint density at radius 1 is 1.00 bits per heavy atom. The number of carbonyl (C=O) groups is 2. The van der Waals surface area contributed by atoms with E-state index in [0.717, 1.165) is 0 Å². The zero-order valence-corrected chi connectivity index (χ0v) is 17.4. The molecule has 0 bridgehead atoms. The molecule has 0 aliphatic carbocycles. The van der Waals surface area contributed by atoms with Crippen LogP contribution >= 0.6 is 47.8 Å². The summed E-state index contributed by atoms with van der Waals surface area (Å²) in [5.74, 6) is -0.253. The van der Waals surface area contributed by atoms with Gasteiger partial charge in [-0.1, -0.05) is 31.9 Å². The van der Waals surface area contributed by atoms with Gasteiger partial charge in [-0.15, -0.1) is 0 Å². The van der Waals surface area contributed by atoms with Gasteiger partial charge >= 0.3 is 5.97 Å². The summed E-state index contributed by atoms with van der Waals surface area (Å²) in [6.45, 7) is 4.82. The van der Waals surface area contributed by atoms with Crippen molar-refractivity contribution in [2.45, 2.75) is 23.5 Å². The van der Waals surface area contributed by atoms with Crippen molar-refractivity contribution in [2.75, 3.05) is 40.6 Å². The lowest BCUT2D eigenvalue weighted by atomic mass is 10.5. The van der Waals surface area contributed by atoms with E-state index >= 15 is 0 Å². The average Bonchev–Trinajstić information content (AvgIpc) is 2.41. The van der Waals surface area contributed by atoms with Gasteiger partial charge in [0.1, 0.15) is 11.4 Å². The highest BCUT2D eigenvalue weighted by molar-refractivity contribution is 9.20. The van der Waals surface area contributed by atoms with Crippen LogP contribution in [0.1, 0.15) is 13.8 Å². The summed E-state index contributed by atoms with van der Waals surface area (Å²) in [7, 11) is 3.11. The first-order chi connectivity index (χ1) is 9.74. The topological polar surface area (TPSA) is 82.1 Å². The highest BCUT2D eigenvalue weighted by Gasteiger charge is 2.08. The van der Waals surface area contributed by atoms with Gasteiger partial charge in [0.25, 0.3) is 0 Å². The molecule has 2 atom stereocenters. The lowest BCUT2D eigenvalue weighted by molar-refractivity contribution is -0.143. The summed E-state index contributed by atoms with van der Waals surface area (Å²) in [5, 5.41) is 7.94. The van der Waals surface area contributed by atoms with Crippen molar-refractivity contribution in [2.24, 2.45) is 0 Å². The zero-order valence-electron chi connectivity index (χ0n) is 12.6. The summed E-state index contributed by atoms with van der Waals surface area (Å²) in [5.41, 5.74) is 0. The number of methoxy groups -OCH3 is 2. The molecule has 0 amide bonds. The summed E-state index contributed by atoms with van der Waals surface area (Å²) >= 11 is 8.87. The summed E-state index contributed by atoms with van der Waals surface area (Å²) in [4.78, 5) is 20.4. The SMILES string of the molecule is CC(Br)C(=O)Br.COCCO.COCCOC(=O)C(C)Br. The Bertz CT molecular complexity index is 247. The van der Waals surface area contributed by atoms with Crippen molar-refractivity contribution in [3.63, 3.8) is 0 Å². The molecule has 0 aliphatic heterocycles. The maximum atomic E-state index is 10.7. The number of carbonyl (C=O) groups excluding carboxylic acids is 2. The van der Waals surface area contributed by atoms with Gasteiger partial charge in [-0.05, 0) is 29.8 Å². The maximum Gasteiger partial charge on any atom is 0.319 e. The Hall–Kier alpha value is 0.460. The third-order valence-electron chi connectivity index (χ3n) is 1.46. The minimum absolute atomic E-state index is 0.0116. The van der Waals surface area contributed by atoms with Gasteiger partial charge in [0.05, 0.1) is 24.6 Å². The Morgan fingerprint density at radius 2 is 1.43 bits per heavy atom. The molecular formula is C12H23Br3O6. The van der Waals surface area contributed by atoms with E-state index < -0.39 is 0 Å². The summed E-state index contributed by atoms with van der Waals surface area (Å²) < 4.78 is 13.8. The second kappa shape index (κ2) is 20.5. The fraction of sp³-hybridized carbons (Fsp3) is 0.833. The molecule has 0 aromatic carbocycles. The number of aliphatic hydroxyl groups excluding tert-OH is 1. The van der Waals surface area contributed by atoms with Crippen LogP contribution in [0.15, 0.2) is 0 Å². The largest absolute Gasteiger partial charge is 0.462 e. The number of alkyl halides is 2. The molecule has 2 unspecified atom stereocenters. The number of aliphatic hydroxyl groups is 1. The highest BCUT2D eigenvalue weighted by Crippen LogP contribution is 2.02. The first-order valence-corrected chi connectivity index (χ1v) is 8.59. The van der Waals surface area contributed by atoms with E-state index in [4.69, 9.17) is 9.84 Å². The second-order valence-electron chi connectivity index (χ2n) is 3.41. The van der Waals surface area contributed by atoms with E-state index in [1.807, 2.05) is 0 Å².